The lowest BCUT2D eigenvalue weighted by Gasteiger charge is -2.11. The van der Waals surface area contributed by atoms with Crippen LogP contribution < -0.4 is 5.46 Å². The van der Waals surface area contributed by atoms with Crippen LogP contribution in [0.25, 0.3) is 0 Å². The molecule has 6 heteroatoms. The molecule has 4 nitrogen and oxygen atoms in total. The predicted octanol–water partition coefficient (Wildman–Crippen LogP) is 4.30. The summed E-state index contributed by atoms with van der Waals surface area (Å²) < 4.78 is 12.0. The molecule has 2 N–H and O–H groups in total. The van der Waals surface area contributed by atoms with E-state index in [9.17, 15) is 0 Å². The smallest absolute Gasteiger partial charge is 0.423 e. The molecule has 0 aromatic heterocycles. The Kier molecular flexibility index (Phi) is 13.3. The molecule has 0 spiro atoms. The predicted molar refractivity (Wildman–Crippen MR) is 117 cm³/mol. The van der Waals surface area contributed by atoms with Gasteiger partial charge in [0.25, 0.3) is 0 Å². The van der Waals surface area contributed by atoms with Crippen LogP contribution in [0.4, 0.5) is 0 Å². The van der Waals surface area contributed by atoms with Gasteiger partial charge in [-0.2, -0.15) is 0 Å². The topological polar surface area (TPSA) is 58.9 Å². The van der Waals surface area contributed by atoms with Gasteiger partial charge < -0.3 is 19.5 Å². The second kappa shape index (κ2) is 13.9. The highest BCUT2D eigenvalue weighted by molar-refractivity contribution is 9.10. The minimum absolute atomic E-state index is 0. The summed E-state index contributed by atoms with van der Waals surface area (Å²) in [7, 11) is -1.43. The average Bonchev–Trinajstić information content (AvgIpc) is 2.60. The molecule has 0 amide bonds. The van der Waals surface area contributed by atoms with Crippen molar-refractivity contribution in [2.45, 2.75) is 60.5 Å². The van der Waals surface area contributed by atoms with Crippen LogP contribution in [0, 0.1) is 0 Å². The summed E-state index contributed by atoms with van der Waals surface area (Å²) in [6.07, 6.45) is 0.427. The summed E-state index contributed by atoms with van der Waals surface area (Å²) in [5, 5.41) is 18.1. The Morgan fingerprint density at radius 3 is 1.74 bits per heavy atom. The number of hydrogen-bond acceptors (Lipinski definition) is 4. The van der Waals surface area contributed by atoms with Crippen molar-refractivity contribution in [3.05, 3.63) is 64.1 Å². The third kappa shape index (κ3) is 10.7. The minimum Gasteiger partial charge on any atom is -0.423 e. The number of rotatable bonds is 7. The van der Waals surface area contributed by atoms with Crippen LogP contribution in [-0.2, 0) is 22.7 Å². The van der Waals surface area contributed by atoms with Gasteiger partial charge in [0.1, 0.15) is 0 Å². The number of benzene rings is 2. The minimum atomic E-state index is -1.43. The molecule has 0 saturated heterocycles. The van der Waals surface area contributed by atoms with Crippen molar-refractivity contribution in [3.8, 4) is 0 Å². The van der Waals surface area contributed by atoms with E-state index in [0.29, 0.717) is 18.7 Å². The molecule has 2 aromatic rings. The van der Waals surface area contributed by atoms with Crippen LogP contribution in [0.15, 0.2) is 53.0 Å². The molecule has 2 aromatic carbocycles. The first kappa shape index (κ1) is 25.8. The van der Waals surface area contributed by atoms with Crippen molar-refractivity contribution in [2.75, 3.05) is 0 Å². The number of ether oxygens (including phenoxy) is 2. The van der Waals surface area contributed by atoms with E-state index in [2.05, 4.69) is 22.0 Å². The first-order chi connectivity index (χ1) is 12.3. The van der Waals surface area contributed by atoms with Crippen LogP contribution in [0.1, 0.15) is 46.2 Å². The van der Waals surface area contributed by atoms with E-state index < -0.39 is 7.12 Å². The van der Waals surface area contributed by atoms with E-state index >= 15 is 0 Å². The van der Waals surface area contributed by atoms with Gasteiger partial charge in [0.2, 0.25) is 0 Å². The molecule has 0 bridgehead atoms. The van der Waals surface area contributed by atoms with Crippen molar-refractivity contribution < 1.29 is 19.5 Å². The monoisotopic (exact) mass is 438 g/mol. The van der Waals surface area contributed by atoms with Crippen molar-refractivity contribution in [1.82, 2.24) is 0 Å². The van der Waals surface area contributed by atoms with Crippen LogP contribution >= 0.6 is 15.9 Å². The van der Waals surface area contributed by atoms with Gasteiger partial charge in [0.05, 0.1) is 25.4 Å². The standard InChI is InChI=1S/C10H15BO3.C10H13BrO.CH4/c1-8(2)14-7-9-5-3-4-6-10(9)11(12)13;1-8(2)12-7-9-5-3-4-6-10(9)11;/h3-6,8,12-13H,7H2,1-2H3;3-6,8H,7H2,1-2H3;1H4. The fourth-order valence-corrected chi connectivity index (χ4v) is 2.45. The summed E-state index contributed by atoms with van der Waals surface area (Å²) in [5.74, 6) is 0. The second-order valence-corrected chi connectivity index (χ2v) is 7.24. The second-order valence-electron chi connectivity index (χ2n) is 6.38. The SMILES string of the molecule is C.CC(C)OCc1ccccc1B(O)O.CC(C)OCc1ccccc1Br. The van der Waals surface area contributed by atoms with E-state index in [0.717, 1.165) is 10.0 Å². The highest BCUT2D eigenvalue weighted by Gasteiger charge is 2.15. The fraction of sp³-hybridized carbons (Fsp3) is 0.429. The van der Waals surface area contributed by atoms with Gasteiger partial charge in [-0.15, -0.1) is 0 Å². The maximum atomic E-state index is 9.07. The molecule has 0 aliphatic heterocycles. The zero-order chi connectivity index (χ0) is 19.5. The van der Waals surface area contributed by atoms with Gasteiger partial charge in [-0.3, -0.25) is 0 Å². The molecule has 0 fully saturated rings. The van der Waals surface area contributed by atoms with Gasteiger partial charge in [0.15, 0.2) is 0 Å². The summed E-state index contributed by atoms with van der Waals surface area (Å²) in [6.45, 7) is 9.05. The van der Waals surface area contributed by atoms with Gasteiger partial charge in [-0.05, 0) is 50.4 Å². The van der Waals surface area contributed by atoms with E-state index in [4.69, 9.17) is 19.5 Å². The van der Waals surface area contributed by atoms with Gasteiger partial charge >= 0.3 is 7.12 Å². The van der Waals surface area contributed by atoms with Gasteiger partial charge in [-0.25, -0.2) is 0 Å². The van der Waals surface area contributed by atoms with E-state index in [1.165, 1.54) is 5.56 Å². The number of halogens is 1. The Balaban J connectivity index is 0.000000488. The first-order valence-corrected chi connectivity index (χ1v) is 9.51. The van der Waals surface area contributed by atoms with E-state index in [1.54, 1.807) is 12.1 Å². The summed E-state index contributed by atoms with van der Waals surface area (Å²) in [6, 6.07) is 15.2. The Morgan fingerprint density at radius 2 is 1.26 bits per heavy atom. The number of hydrogen-bond donors (Lipinski definition) is 2. The molecule has 150 valence electrons. The lowest BCUT2D eigenvalue weighted by Crippen LogP contribution is -2.33. The molecule has 0 atom stereocenters. The van der Waals surface area contributed by atoms with Crippen molar-refractivity contribution in [2.24, 2.45) is 0 Å². The molecule has 0 saturated carbocycles. The molecule has 0 radical (unpaired) electrons. The zero-order valence-electron chi connectivity index (χ0n) is 15.9. The first-order valence-electron chi connectivity index (χ1n) is 8.71. The molecule has 0 unspecified atom stereocenters. The Bertz CT molecular complexity index is 648. The molecule has 0 aliphatic rings. The summed E-state index contributed by atoms with van der Waals surface area (Å²) >= 11 is 3.47. The summed E-state index contributed by atoms with van der Waals surface area (Å²) in [4.78, 5) is 0. The third-order valence-corrected chi connectivity index (χ3v) is 4.21. The summed E-state index contributed by atoms with van der Waals surface area (Å²) in [5.41, 5.74) is 2.52. The largest absolute Gasteiger partial charge is 0.488 e. The highest BCUT2D eigenvalue weighted by atomic mass is 79.9. The Labute approximate surface area is 172 Å². The van der Waals surface area contributed by atoms with Crippen molar-refractivity contribution in [1.29, 1.82) is 0 Å². The van der Waals surface area contributed by atoms with E-state index in [-0.39, 0.29) is 19.6 Å². The lowest BCUT2D eigenvalue weighted by atomic mass is 9.77. The highest BCUT2D eigenvalue weighted by Crippen LogP contribution is 2.16. The van der Waals surface area contributed by atoms with Gasteiger partial charge in [0, 0.05) is 4.47 Å². The molecule has 27 heavy (non-hydrogen) atoms. The maximum absolute atomic E-state index is 9.07. The average molecular weight is 439 g/mol. The fourth-order valence-electron chi connectivity index (χ4n) is 2.05. The van der Waals surface area contributed by atoms with Crippen molar-refractivity contribution in [3.63, 3.8) is 0 Å². The van der Waals surface area contributed by atoms with Crippen LogP contribution in [0.2, 0.25) is 0 Å². The molecule has 0 aliphatic carbocycles. The van der Waals surface area contributed by atoms with E-state index in [1.807, 2.05) is 58.0 Å². The van der Waals surface area contributed by atoms with Crippen LogP contribution in [-0.4, -0.2) is 29.4 Å². The Hall–Kier alpha value is -1.18. The van der Waals surface area contributed by atoms with Crippen LogP contribution in [0.3, 0.4) is 0 Å². The maximum Gasteiger partial charge on any atom is 0.488 e. The van der Waals surface area contributed by atoms with Gasteiger partial charge in [-0.1, -0.05) is 65.8 Å². The molecular formula is C21H32BBrO4. The zero-order valence-corrected chi connectivity index (χ0v) is 17.4. The molecule has 2 rings (SSSR count). The Morgan fingerprint density at radius 1 is 0.815 bits per heavy atom. The molecule has 0 heterocycles. The molecular weight excluding hydrogens is 407 g/mol. The lowest BCUT2D eigenvalue weighted by molar-refractivity contribution is 0.0653. The third-order valence-electron chi connectivity index (χ3n) is 3.44. The normalized spacial score (nSPS) is 10.3. The quantitative estimate of drug-likeness (QED) is 0.632. The van der Waals surface area contributed by atoms with Crippen LogP contribution in [0.5, 0.6) is 0 Å². The van der Waals surface area contributed by atoms with Crippen molar-refractivity contribution >= 4 is 28.5 Å².